The molecule has 0 saturated carbocycles. The number of aromatic nitrogens is 3. The van der Waals surface area contributed by atoms with Crippen LogP contribution in [0.3, 0.4) is 0 Å². The molecule has 0 aliphatic heterocycles. The Labute approximate surface area is 128 Å². The third-order valence-electron chi connectivity index (χ3n) is 3.24. The van der Waals surface area contributed by atoms with Crippen LogP contribution in [-0.4, -0.2) is 23.2 Å². The van der Waals surface area contributed by atoms with Crippen molar-refractivity contribution in [3.8, 4) is 5.75 Å². The molecule has 1 aromatic heterocycles. The van der Waals surface area contributed by atoms with Crippen molar-refractivity contribution in [2.24, 2.45) is 7.05 Å². The first-order valence-electron chi connectivity index (χ1n) is 6.23. The van der Waals surface area contributed by atoms with Crippen molar-refractivity contribution in [1.82, 2.24) is 14.8 Å². The molecule has 0 radical (unpaired) electrons. The molecule has 0 aliphatic carbocycles. The molecule has 0 fully saturated rings. The summed E-state index contributed by atoms with van der Waals surface area (Å²) in [6.07, 6.45) is 0. The van der Waals surface area contributed by atoms with Crippen molar-refractivity contribution in [3.05, 3.63) is 34.9 Å². The van der Waals surface area contributed by atoms with E-state index >= 15 is 0 Å². The molecular weight excluding hydrogens is 314 g/mol. The van der Waals surface area contributed by atoms with Crippen molar-refractivity contribution < 1.29 is 13.2 Å². The number of halogens is 1. The van der Waals surface area contributed by atoms with Gasteiger partial charge in [-0.05, 0) is 44.0 Å². The van der Waals surface area contributed by atoms with Crippen molar-refractivity contribution in [2.45, 2.75) is 32.3 Å². The zero-order valence-electron chi connectivity index (χ0n) is 12.2. The Hall–Kier alpha value is -1.60. The number of nitrogens with zero attached hydrogens (tertiary/aromatic N) is 3. The summed E-state index contributed by atoms with van der Waals surface area (Å²) in [6, 6.07) is 2.99. The highest BCUT2D eigenvalue weighted by atomic mass is 35.7. The minimum absolute atomic E-state index is 0.0704. The van der Waals surface area contributed by atoms with E-state index in [1.54, 1.807) is 13.8 Å². The summed E-state index contributed by atoms with van der Waals surface area (Å²) < 4.78 is 30.3. The second kappa shape index (κ2) is 5.65. The van der Waals surface area contributed by atoms with Crippen LogP contribution < -0.4 is 4.74 Å². The van der Waals surface area contributed by atoms with E-state index in [9.17, 15) is 8.42 Å². The van der Waals surface area contributed by atoms with E-state index in [0.717, 1.165) is 5.82 Å². The molecule has 1 heterocycles. The highest BCUT2D eigenvalue weighted by Gasteiger charge is 2.15. The van der Waals surface area contributed by atoms with Crippen molar-refractivity contribution in [2.75, 3.05) is 0 Å². The van der Waals surface area contributed by atoms with Crippen LogP contribution in [0.4, 0.5) is 0 Å². The Bertz CT molecular complexity index is 761. The van der Waals surface area contributed by atoms with Gasteiger partial charge in [0.1, 0.15) is 18.2 Å². The summed E-state index contributed by atoms with van der Waals surface area (Å²) in [4.78, 5) is 0.0704. The highest BCUT2D eigenvalue weighted by molar-refractivity contribution is 8.13. The van der Waals surface area contributed by atoms with Gasteiger partial charge in [-0.1, -0.05) is 0 Å². The Balaban J connectivity index is 2.27. The Morgan fingerprint density at radius 1 is 1.19 bits per heavy atom. The van der Waals surface area contributed by atoms with Gasteiger partial charge in [-0.2, -0.15) is 0 Å². The fourth-order valence-electron chi connectivity index (χ4n) is 1.99. The number of hydrogen-bond donors (Lipinski definition) is 0. The van der Waals surface area contributed by atoms with Gasteiger partial charge < -0.3 is 9.30 Å². The fraction of sp³-hybridized carbons (Fsp3) is 0.385. The maximum Gasteiger partial charge on any atom is 0.261 e. The summed E-state index contributed by atoms with van der Waals surface area (Å²) in [7, 11) is 3.47. The minimum Gasteiger partial charge on any atom is -0.485 e. The molecule has 114 valence electrons. The third-order valence-corrected chi connectivity index (χ3v) is 4.58. The summed E-state index contributed by atoms with van der Waals surface area (Å²) >= 11 is 0. The van der Waals surface area contributed by atoms with E-state index in [1.165, 1.54) is 12.1 Å². The molecule has 0 aliphatic rings. The number of ether oxygens (including phenoxy) is 1. The molecule has 2 aromatic rings. The third kappa shape index (κ3) is 3.36. The van der Waals surface area contributed by atoms with Gasteiger partial charge in [0.25, 0.3) is 9.05 Å². The lowest BCUT2D eigenvalue weighted by Gasteiger charge is -2.13. The standard InChI is InChI=1S/C13H16ClN3O3S/c1-8-5-11(21(14,18)19)6-9(2)13(8)20-7-12-16-15-10(3)17(12)4/h5-6H,7H2,1-4H3. The van der Waals surface area contributed by atoms with Crippen LogP contribution in [0, 0.1) is 20.8 Å². The first-order chi connectivity index (χ1) is 9.70. The monoisotopic (exact) mass is 329 g/mol. The Kier molecular flexibility index (Phi) is 4.25. The van der Waals surface area contributed by atoms with Crippen LogP contribution in [0.2, 0.25) is 0 Å². The molecule has 0 N–H and O–H groups in total. The topological polar surface area (TPSA) is 74.1 Å². The molecule has 0 atom stereocenters. The van der Waals surface area contributed by atoms with Crippen molar-refractivity contribution in [3.63, 3.8) is 0 Å². The predicted molar refractivity (Wildman–Crippen MR) is 79.0 cm³/mol. The first-order valence-corrected chi connectivity index (χ1v) is 8.54. The van der Waals surface area contributed by atoms with Crippen LogP contribution in [-0.2, 0) is 22.7 Å². The number of benzene rings is 1. The smallest absolute Gasteiger partial charge is 0.261 e. The summed E-state index contributed by atoms with van der Waals surface area (Å²) in [6.45, 7) is 5.66. The van der Waals surface area contributed by atoms with Crippen LogP contribution in [0.1, 0.15) is 22.8 Å². The summed E-state index contributed by atoms with van der Waals surface area (Å²) in [5.74, 6) is 2.12. The zero-order chi connectivity index (χ0) is 15.8. The lowest BCUT2D eigenvalue weighted by atomic mass is 10.1. The Morgan fingerprint density at radius 2 is 1.76 bits per heavy atom. The first kappa shape index (κ1) is 15.8. The molecule has 6 nitrogen and oxygen atoms in total. The van der Waals surface area contributed by atoms with Crippen LogP contribution >= 0.6 is 10.7 Å². The molecule has 1 aromatic carbocycles. The molecule has 0 amide bonds. The van der Waals surface area contributed by atoms with Crippen molar-refractivity contribution in [1.29, 1.82) is 0 Å². The number of hydrogen-bond acceptors (Lipinski definition) is 5. The molecule has 0 unspecified atom stereocenters. The van der Waals surface area contributed by atoms with Crippen molar-refractivity contribution >= 4 is 19.7 Å². The lowest BCUT2D eigenvalue weighted by molar-refractivity contribution is 0.287. The van der Waals surface area contributed by atoms with Gasteiger partial charge in [0, 0.05) is 17.7 Å². The molecular formula is C13H16ClN3O3S. The van der Waals surface area contributed by atoms with E-state index in [-0.39, 0.29) is 11.5 Å². The van der Waals surface area contributed by atoms with E-state index < -0.39 is 9.05 Å². The van der Waals surface area contributed by atoms with Gasteiger partial charge in [-0.25, -0.2) is 8.42 Å². The van der Waals surface area contributed by atoms with Gasteiger partial charge in [0.2, 0.25) is 0 Å². The molecule has 8 heteroatoms. The van der Waals surface area contributed by atoms with Gasteiger partial charge in [-0.3, -0.25) is 0 Å². The van der Waals surface area contributed by atoms with Gasteiger partial charge >= 0.3 is 0 Å². The molecule has 2 rings (SSSR count). The average molecular weight is 330 g/mol. The predicted octanol–water partition coefficient (Wildman–Crippen LogP) is 2.25. The van der Waals surface area contributed by atoms with E-state index in [1.807, 2.05) is 18.5 Å². The van der Waals surface area contributed by atoms with E-state index in [0.29, 0.717) is 22.7 Å². The lowest BCUT2D eigenvalue weighted by Crippen LogP contribution is -2.06. The Morgan fingerprint density at radius 3 is 2.19 bits per heavy atom. The summed E-state index contributed by atoms with van der Waals surface area (Å²) in [5, 5.41) is 7.97. The van der Waals surface area contributed by atoms with Crippen LogP contribution in [0.25, 0.3) is 0 Å². The SMILES string of the molecule is Cc1cc(S(=O)(=O)Cl)cc(C)c1OCc1nnc(C)n1C. The van der Waals surface area contributed by atoms with Gasteiger partial charge in [-0.15, -0.1) is 10.2 Å². The molecule has 0 spiro atoms. The van der Waals surface area contributed by atoms with Gasteiger partial charge in [0.15, 0.2) is 5.82 Å². The maximum atomic E-state index is 11.4. The minimum atomic E-state index is -3.74. The van der Waals surface area contributed by atoms with Crippen LogP contribution in [0.15, 0.2) is 17.0 Å². The van der Waals surface area contributed by atoms with E-state index in [2.05, 4.69) is 10.2 Å². The molecule has 21 heavy (non-hydrogen) atoms. The molecule has 0 bridgehead atoms. The normalized spacial score (nSPS) is 11.7. The van der Waals surface area contributed by atoms with Crippen LogP contribution in [0.5, 0.6) is 5.75 Å². The van der Waals surface area contributed by atoms with Gasteiger partial charge in [0.05, 0.1) is 4.90 Å². The zero-order valence-corrected chi connectivity index (χ0v) is 13.8. The quantitative estimate of drug-likeness (QED) is 0.804. The number of rotatable bonds is 4. The highest BCUT2D eigenvalue weighted by Crippen LogP contribution is 2.28. The summed E-state index contributed by atoms with van der Waals surface area (Å²) in [5.41, 5.74) is 1.40. The largest absolute Gasteiger partial charge is 0.485 e. The number of aryl methyl sites for hydroxylation is 3. The maximum absolute atomic E-state index is 11.4. The molecule has 0 saturated heterocycles. The second-order valence-electron chi connectivity index (χ2n) is 4.84. The average Bonchev–Trinajstić information content (AvgIpc) is 2.68. The second-order valence-corrected chi connectivity index (χ2v) is 7.40. The fourth-order valence-corrected chi connectivity index (χ4v) is 2.89. The van der Waals surface area contributed by atoms with E-state index in [4.69, 9.17) is 15.4 Å².